The number of phenols is 1. The number of aromatic hydroxyl groups is 1. The van der Waals surface area contributed by atoms with Crippen molar-refractivity contribution in [2.24, 2.45) is 0 Å². The zero-order valence-electron chi connectivity index (χ0n) is 13.6. The molecule has 0 radical (unpaired) electrons. The van der Waals surface area contributed by atoms with Crippen LogP contribution < -0.4 is 14.8 Å². The Morgan fingerprint density at radius 2 is 1.96 bits per heavy atom. The lowest BCUT2D eigenvalue weighted by Gasteiger charge is -2.28. The van der Waals surface area contributed by atoms with E-state index in [-0.39, 0.29) is 24.0 Å². The van der Waals surface area contributed by atoms with E-state index in [0.29, 0.717) is 22.2 Å². The van der Waals surface area contributed by atoms with Crippen molar-refractivity contribution in [1.82, 2.24) is 0 Å². The van der Waals surface area contributed by atoms with Crippen molar-refractivity contribution in [3.8, 4) is 17.2 Å². The lowest BCUT2D eigenvalue weighted by molar-refractivity contribution is -0.116. The average molecular weight is 348 g/mol. The van der Waals surface area contributed by atoms with E-state index in [2.05, 4.69) is 5.32 Å². The summed E-state index contributed by atoms with van der Waals surface area (Å²) in [6.07, 6.45) is 0.270. The van der Waals surface area contributed by atoms with Crippen LogP contribution in [0, 0.1) is 6.92 Å². The fourth-order valence-corrected chi connectivity index (χ4v) is 3.43. The van der Waals surface area contributed by atoms with Gasteiger partial charge in [-0.1, -0.05) is 17.7 Å². The van der Waals surface area contributed by atoms with Gasteiger partial charge in [-0.3, -0.25) is 4.79 Å². The summed E-state index contributed by atoms with van der Waals surface area (Å²) in [6, 6.07) is 7.07. The number of aryl methyl sites for hydroxylation is 1. The van der Waals surface area contributed by atoms with Crippen LogP contribution in [0.5, 0.6) is 17.2 Å². The van der Waals surface area contributed by atoms with Gasteiger partial charge in [-0.25, -0.2) is 0 Å². The van der Waals surface area contributed by atoms with Gasteiger partial charge in [0.1, 0.15) is 5.75 Å². The van der Waals surface area contributed by atoms with Gasteiger partial charge in [0.05, 0.1) is 19.2 Å². The summed E-state index contributed by atoms with van der Waals surface area (Å²) in [4.78, 5) is 12.1. The minimum absolute atomic E-state index is 0.124. The van der Waals surface area contributed by atoms with E-state index in [0.717, 1.165) is 16.7 Å². The number of phenolic OH excluding ortho intramolecular Hbond substituents is 1. The van der Waals surface area contributed by atoms with Crippen molar-refractivity contribution in [3.05, 3.63) is 46.0 Å². The Labute approximate surface area is 145 Å². The summed E-state index contributed by atoms with van der Waals surface area (Å²) in [5.74, 6) is 0.781. The largest absolute Gasteiger partial charge is 0.508 e. The van der Waals surface area contributed by atoms with Crippen LogP contribution in [-0.4, -0.2) is 25.2 Å². The molecule has 24 heavy (non-hydrogen) atoms. The maximum atomic E-state index is 12.1. The smallest absolute Gasteiger partial charge is 0.225 e. The van der Waals surface area contributed by atoms with Gasteiger partial charge in [0.2, 0.25) is 5.91 Å². The highest BCUT2D eigenvalue weighted by molar-refractivity contribution is 6.33. The first-order chi connectivity index (χ1) is 11.5. The Hall–Kier alpha value is -2.40. The second-order valence-corrected chi connectivity index (χ2v) is 6.11. The molecular weight excluding hydrogens is 330 g/mol. The van der Waals surface area contributed by atoms with E-state index in [1.165, 1.54) is 7.11 Å². The molecular formula is C18H18ClNO4. The van der Waals surface area contributed by atoms with E-state index < -0.39 is 0 Å². The lowest BCUT2D eigenvalue weighted by atomic mass is 9.83. The van der Waals surface area contributed by atoms with E-state index in [1.807, 2.05) is 19.1 Å². The number of hydrogen-bond acceptors (Lipinski definition) is 4. The molecule has 2 N–H and O–H groups in total. The van der Waals surface area contributed by atoms with Gasteiger partial charge >= 0.3 is 0 Å². The van der Waals surface area contributed by atoms with Gasteiger partial charge in [-0.15, -0.1) is 0 Å². The number of rotatable bonds is 3. The first kappa shape index (κ1) is 16.5. The minimum atomic E-state index is -0.222. The number of carbonyl (C=O) groups is 1. The van der Waals surface area contributed by atoms with E-state index in [9.17, 15) is 9.90 Å². The van der Waals surface area contributed by atoms with E-state index in [4.69, 9.17) is 21.1 Å². The Balaban J connectivity index is 2.18. The van der Waals surface area contributed by atoms with E-state index >= 15 is 0 Å². The molecule has 0 saturated carbocycles. The highest BCUT2D eigenvalue weighted by atomic mass is 35.5. The first-order valence-electron chi connectivity index (χ1n) is 7.50. The number of benzene rings is 2. The summed E-state index contributed by atoms with van der Waals surface area (Å²) in [5.41, 5.74) is 3.05. The number of nitrogens with one attached hydrogen (secondary N) is 1. The number of ether oxygens (including phenoxy) is 2. The molecule has 0 fully saturated rings. The molecule has 2 aromatic rings. The summed E-state index contributed by atoms with van der Waals surface area (Å²) in [6.45, 7) is 1.82. The molecule has 0 aromatic heterocycles. The van der Waals surface area contributed by atoms with Crippen molar-refractivity contribution in [3.63, 3.8) is 0 Å². The van der Waals surface area contributed by atoms with Crippen molar-refractivity contribution in [2.75, 3.05) is 19.5 Å². The third-order valence-corrected chi connectivity index (χ3v) is 4.69. The average Bonchev–Trinajstić information content (AvgIpc) is 2.55. The molecule has 126 valence electrons. The van der Waals surface area contributed by atoms with Gasteiger partial charge in [-0.2, -0.15) is 0 Å². The van der Waals surface area contributed by atoms with Crippen molar-refractivity contribution in [2.45, 2.75) is 19.3 Å². The summed E-state index contributed by atoms with van der Waals surface area (Å²) in [5, 5.41) is 13.1. The molecule has 1 aliphatic rings. The first-order valence-corrected chi connectivity index (χ1v) is 7.87. The molecule has 3 rings (SSSR count). The molecule has 1 unspecified atom stereocenters. The van der Waals surface area contributed by atoms with Gasteiger partial charge in [0.25, 0.3) is 0 Å². The summed E-state index contributed by atoms with van der Waals surface area (Å²) in [7, 11) is 3.07. The monoisotopic (exact) mass is 347 g/mol. The third-order valence-electron chi connectivity index (χ3n) is 4.30. The predicted octanol–water partition coefficient (Wildman–Crippen LogP) is 3.85. The van der Waals surface area contributed by atoms with Crippen LogP contribution in [0.15, 0.2) is 24.3 Å². The summed E-state index contributed by atoms with van der Waals surface area (Å²) >= 11 is 6.53. The maximum absolute atomic E-state index is 12.1. The molecule has 1 atom stereocenters. The SMILES string of the molecule is COc1ccc(C2CC(=O)Nc3cc(O)c(C)cc32)c(Cl)c1OC. The molecule has 6 heteroatoms. The quantitative estimate of drug-likeness (QED) is 0.885. The number of carbonyl (C=O) groups excluding carboxylic acids is 1. The molecule has 0 spiro atoms. The molecule has 1 heterocycles. The Bertz CT molecular complexity index is 819. The molecule has 0 bridgehead atoms. The number of methoxy groups -OCH3 is 2. The van der Waals surface area contributed by atoms with Crippen LogP contribution >= 0.6 is 11.6 Å². The number of hydrogen-bond donors (Lipinski definition) is 2. The standard InChI is InChI=1S/C18H18ClNO4/c1-9-6-12-11(7-16(22)20-13(12)8-14(9)21)10-4-5-15(23-2)18(24-3)17(10)19/h4-6,8,11,21H,7H2,1-3H3,(H,20,22). The van der Waals surface area contributed by atoms with Crippen LogP contribution in [0.4, 0.5) is 5.69 Å². The second kappa shape index (κ2) is 6.24. The van der Waals surface area contributed by atoms with Crippen molar-refractivity contribution >= 4 is 23.2 Å². The Kier molecular flexibility index (Phi) is 4.28. The summed E-state index contributed by atoms with van der Waals surface area (Å²) < 4.78 is 10.6. The molecule has 0 saturated heterocycles. The zero-order chi connectivity index (χ0) is 17.4. The highest BCUT2D eigenvalue weighted by Crippen LogP contribution is 2.46. The molecule has 2 aromatic carbocycles. The highest BCUT2D eigenvalue weighted by Gasteiger charge is 2.30. The predicted molar refractivity (Wildman–Crippen MR) is 92.5 cm³/mol. The molecule has 1 aliphatic heterocycles. The minimum Gasteiger partial charge on any atom is -0.508 e. The zero-order valence-corrected chi connectivity index (χ0v) is 14.4. The Morgan fingerprint density at radius 1 is 1.21 bits per heavy atom. The van der Waals surface area contributed by atoms with Crippen LogP contribution in [0.25, 0.3) is 0 Å². The van der Waals surface area contributed by atoms with Crippen LogP contribution in [0.3, 0.4) is 0 Å². The van der Waals surface area contributed by atoms with Gasteiger partial charge in [0, 0.05) is 24.1 Å². The molecule has 1 amide bonds. The van der Waals surface area contributed by atoms with Crippen molar-refractivity contribution in [1.29, 1.82) is 0 Å². The van der Waals surface area contributed by atoms with Crippen LogP contribution in [0.2, 0.25) is 5.02 Å². The van der Waals surface area contributed by atoms with Crippen molar-refractivity contribution < 1.29 is 19.4 Å². The lowest BCUT2D eigenvalue weighted by Crippen LogP contribution is -2.24. The maximum Gasteiger partial charge on any atom is 0.225 e. The third kappa shape index (κ3) is 2.65. The fourth-order valence-electron chi connectivity index (χ4n) is 3.06. The number of amides is 1. The topological polar surface area (TPSA) is 67.8 Å². The number of fused-ring (bicyclic) bond motifs is 1. The van der Waals surface area contributed by atoms with Crippen LogP contribution in [0.1, 0.15) is 29.0 Å². The normalized spacial score (nSPS) is 16.3. The molecule has 0 aliphatic carbocycles. The van der Waals surface area contributed by atoms with E-state index in [1.54, 1.807) is 19.2 Å². The van der Waals surface area contributed by atoms with Crippen LogP contribution in [-0.2, 0) is 4.79 Å². The van der Waals surface area contributed by atoms with Gasteiger partial charge < -0.3 is 19.9 Å². The van der Waals surface area contributed by atoms with Gasteiger partial charge in [-0.05, 0) is 35.7 Å². The molecule has 5 nitrogen and oxygen atoms in total. The fraction of sp³-hybridized carbons (Fsp3) is 0.278. The second-order valence-electron chi connectivity index (χ2n) is 5.74. The van der Waals surface area contributed by atoms with Gasteiger partial charge in [0.15, 0.2) is 11.5 Å². The number of anilines is 1. The number of halogens is 1. The Morgan fingerprint density at radius 3 is 2.62 bits per heavy atom.